The first kappa shape index (κ1) is 15.3. The van der Waals surface area contributed by atoms with Gasteiger partial charge in [0, 0.05) is 5.69 Å². The number of benzene rings is 1. The minimum atomic E-state index is -0.405. The van der Waals surface area contributed by atoms with E-state index < -0.39 is 5.97 Å². The summed E-state index contributed by atoms with van der Waals surface area (Å²) in [6.45, 7) is 0.141. The number of nitrogens with zero attached hydrogens (tertiary/aromatic N) is 1. The molecule has 0 saturated carbocycles. The van der Waals surface area contributed by atoms with Gasteiger partial charge in [-0.2, -0.15) is 0 Å². The van der Waals surface area contributed by atoms with Gasteiger partial charge in [-0.1, -0.05) is 12.2 Å². The highest BCUT2D eigenvalue weighted by molar-refractivity contribution is 6.05. The number of methoxy groups -OCH3 is 1. The number of hydrogen-bond donors (Lipinski definition) is 1. The highest BCUT2D eigenvalue weighted by atomic mass is 16.5. The summed E-state index contributed by atoms with van der Waals surface area (Å²) in [4.78, 5) is 37.3. The number of allylic oxidation sites excluding steroid dienone is 2. The van der Waals surface area contributed by atoms with Crippen LogP contribution >= 0.6 is 0 Å². The summed E-state index contributed by atoms with van der Waals surface area (Å²) in [6.07, 6.45) is 5.21. The highest BCUT2D eigenvalue weighted by Gasteiger charge is 2.46. The van der Waals surface area contributed by atoms with Crippen LogP contribution in [-0.2, 0) is 14.3 Å². The van der Waals surface area contributed by atoms with Gasteiger partial charge in [0.1, 0.15) is 0 Å². The van der Waals surface area contributed by atoms with Gasteiger partial charge in [-0.15, -0.1) is 0 Å². The predicted molar refractivity (Wildman–Crippen MR) is 83.5 cm³/mol. The number of fused-ring (bicyclic) bond motifs is 1. The van der Waals surface area contributed by atoms with Crippen molar-refractivity contribution in [1.82, 2.24) is 4.90 Å². The number of hydrogen-bond acceptors (Lipinski definition) is 5. The van der Waals surface area contributed by atoms with Gasteiger partial charge >= 0.3 is 5.97 Å². The van der Waals surface area contributed by atoms with Crippen molar-refractivity contribution < 1.29 is 19.1 Å². The largest absolute Gasteiger partial charge is 0.465 e. The molecule has 2 amide bonds. The van der Waals surface area contributed by atoms with Gasteiger partial charge in [-0.3, -0.25) is 14.5 Å². The molecule has 120 valence electrons. The lowest BCUT2D eigenvalue weighted by Gasteiger charge is -2.16. The third-order valence-corrected chi connectivity index (χ3v) is 4.35. The molecule has 0 spiro atoms. The molecule has 2 aliphatic rings. The summed E-state index contributed by atoms with van der Waals surface area (Å²) < 4.78 is 4.64. The molecule has 0 bridgehead atoms. The van der Waals surface area contributed by atoms with E-state index in [0.717, 1.165) is 5.69 Å². The fourth-order valence-electron chi connectivity index (χ4n) is 3.04. The van der Waals surface area contributed by atoms with E-state index in [1.165, 1.54) is 12.0 Å². The van der Waals surface area contributed by atoms with Gasteiger partial charge < -0.3 is 10.1 Å². The van der Waals surface area contributed by atoms with Gasteiger partial charge in [-0.25, -0.2) is 4.79 Å². The maximum absolute atomic E-state index is 12.3. The Morgan fingerprint density at radius 1 is 1.13 bits per heavy atom. The molecule has 1 heterocycles. The Morgan fingerprint density at radius 3 is 2.22 bits per heavy atom. The van der Waals surface area contributed by atoms with Crippen LogP contribution in [0.25, 0.3) is 0 Å². The first-order valence-electron chi connectivity index (χ1n) is 7.54. The first-order chi connectivity index (χ1) is 11.1. The summed E-state index contributed by atoms with van der Waals surface area (Å²) in [7, 11) is 1.33. The number of nitrogens with one attached hydrogen (secondary N) is 1. The van der Waals surface area contributed by atoms with Gasteiger partial charge in [-0.05, 0) is 37.1 Å². The molecule has 1 N–H and O–H groups in total. The fraction of sp³-hybridized carbons (Fsp3) is 0.353. The van der Waals surface area contributed by atoms with E-state index in [1.54, 1.807) is 24.3 Å². The molecule has 6 heteroatoms. The van der Waals surface area contributed by atoms with Crippen molar-refractivity contribution in [3.63, 3.8) is 0 Å². The Hall–Kier alpha value is -2.63. The molecular weight excluding hydrogens is 296 g/mol. The van der Waals surface area contributed by atoms with E-state index in [4.69, 9.17) is 0 Å². The second-order valence-corrected chi connectivity index (χ2v) is 5.66. The molecule has 0 aromatic heterocycles. The average Bonchev–Trinajstić information content (AvgIpc) is 2.84. The van der Waals surface area contributed by atoms with Crippen molar-refractivity contribution in [1.29, 1.82) is 0 Å². The van der Waals surface area contributed by atoms with E-state index in [1.807, 2.05) is 12.2 Å². The zero-order valence-electron chi connectivity index (χ0n) is 12.8. The number of carbonyl (C=O) groups excluding carboxylic acids is 3. The van der Waals surface area contributed by atoms with Gasteiger partial charge in [0.25, 0.3) is 0 Å². The Labute approximate surface area is 134 Å². The fourth-order valence-corrected chi connectivity index (χ4v) is 3.04. The van der Waals surface area contributed by atoms with E-state index in [-0.39, 0.29) is 30.3 Å². The van der Waals surface area contributed by atoms with Crippen molar-refractivity contribution in [3.05, 3.63) is 42.0 Å². The summed E-state index contributed by atoms with van der Waals surface area (Å²) in [6, 6.07) is 6.69. The molecule has 0 radical (unpaired) electrons. The summed E-state index contributed by atoms with van der Waals surface area (Å²) >= 11 is 0. The topological polar surface area (TPSA) is 75.7 Å². The zero-order valence-corrected chi connectivity index (χ0v) is 12.8. The van der Waals surface area contributed by atoms with E-state index in [0.29, 0.717) is 18.4 Å². The number of amides is 2. The van der Waals surface area contributed by atoms with Crippen LogP contribution in [0.15, 0.2) is 36.4 Å². The van der Waals surface area contributed by atoms with Crippen LogP contribution in [-0.4, -0.2) is 36.5 Å². The van der Waals surface area contributed by atoms with E-state index in [2.05, 4.69) is 10.1 Å². The smallest absolute Gasteiger partial charge is 0.337 e. The second kappa shape index (κ2) is 6.24. The minimum absolute atomic E-state index is 0.108. The molecule has 1 saturated heterocycles. The maximum Gasteiger partial charge on any atom is 0.337 e. The number of imide groups is 1. The number of ether oxygens (including phenoxy) is 1. The number of anilines is 1. The van der Waals surface area contributed by atoms with Crippen LogP contribution in [0.5, 0.6) is 0 Å². The van der Waals surface area contributed by atoms with Gasteiger partial charge in [0.2, 0.25) is 11.8 Å². The molecule has 2 atom stereocenters. The maximum atomic E-state index is 12.3. The lowest BCUT2D eigenvalue weighted by atomic mass is 9.85. The quantitative estimate of drug-likeness (QED) is 0.521. The normalized spacial score (nSPS) is 22.9. The Bertz CT molecular complexity index is 640. The SMILES string of the molecule is COC(=O)c1ccc(NCN2C(=O)[C@H]3CC=CC[C@@H]3C2=O)cc1. The monoisotopic (exact) mass is 314 g/mol. The molecule has 1 aromatic carbocycles. The molecule has 3 rings (SSSR count). The number of likely N-dealkylation sites (tertiary alicyclic amines) is 1. The molecule has 1 aliphatic carbocycles. The zero-order chi connectivity index (χ0) is 16.4. The van der Waals surface area contributed by atoms with E-state index in [9.17, 15) is 14.4 Å². The average molecular weight is 314 g/mol. The Kier molecular flexibility index (Phi) is 4.14. The van der Waals surface area contributed by atoms with Crippen molar-refractivity contribution in [2.45, 2.75) is 12.8 Å². The van der Waals surface area contributed by atoms with Crippen LogP contribution in [0, 0.1) is 11.8 Å². The van der Waals surface area contributed by atoms with Crippen LogP contribution in [0.4, 0.5) is 5.69 Å². The summed E-state index contributed by atoms with van der Waals surface area (Å²) in [5.41, 5.74) is 1.18. The first-order valence-corrected chi connectivity index (χ1v) is 7.54. The molecule has 1 aromatic rings. The highest BCUT2D eigenvalue weighted by Crippen LogP contribution is 2.34. The third-order valence-electron chi connectivity index (χ3n) is 4.35. The van der Waals surface area contributed by atoms with Crippen molar-refractivity contribution >= 4 is 23.5 Å². The second-order valence-electron chi connectivity index (χ2n) is 5.66. The number of rotatable bonds is 4. The van der Waals surface area contributed by atoms with Crippen LogP contribution < -0.4 is 5.32 Å². The van der Waals surface area contributed by atoms with Crippen molar-refractivity contribution in [2.24, 2.45) is 11.8 Å². The lowest BCUT2D eigenvalue weighted by molar-refractivity contribution is -0.139. The number of carbonyl (C=O) groups is 3. The Balaban J connectivity index is 1.63. The van der Waals surface area contributed by atoms with Crippen LogP contribution in [0.3, 0.4) is 0 Å². The molecule has 0 unspecified atom stereocenters. The van der Waals surface area contributed by atoms with Crippen LogP contribution in [0.1, 0.15) is 23.2 Å². The van der Waals surface area contributed by atoms with Gasteiger partial charge in [0.15, 0.2) is 0 Å². The standard InChI is InChI=1S/C17H18N2O4/c1-23-17(22)11-6-8-12(9-7-11)18-10-19-15(20)13-4-2-3-5-14(13)16(19)21/h2-3,6-9,13-14,18H,4-5,10H2,1H3/t13-,14-/m0/s1. The van der Waals surface area contributed by atoms with Gasteiger partial charge in [0.05, 0.1) is 31.2 Å². The lowest BCUT2D eigenvalue weighted by Crippen LogP contribution is -2.35. The molecule has 1 fully saturated rings. The summed E-state index contributed by atoms with van der Waals surface area (Å²) in [5.74, 6) is -1.05. The van der Waals surface area contributed by atoms with Crippen molar-refractivity contribution in [3.8, 4) is 0 Å². The molecular formula is C17H18N2O4. The predicted octanol–water partition coefficient (Wildman–Crippen LogP) is 1.79. The number of esters is 1. The molecule has 6 nitrogen and oxygen atoms in total. The summed E-state index contributed by atoms with van der Waals surface area (Å²) in [5, 5.41) is 3.05. The Morgan fingerprint density at radius 2 is 1.70 bits per heavy atom. The van der Waals surface area contributed by atoms with Crippen molar-refractivity contribution in [2.75, 3.05) is 19.1 Å². The molecule has 23 heavy (non-hydrogen) atoms. The molecule has 1 aliphatic heterocycles. The van der Waals surface area contributed by atoms with E-state index >= 15 is 0 Å². The van der Waals surface area contributed by atoms with Crippen LogP contribution in [0.2, 0.25) is 0 Å². The minimum Gasteiger partial charge on any atom is -0.465 e. The third kappa shape index (κ3) is 2.84.